The number of nitrogens with two attached hydrogens (primary N) is 1. The number of halogens is 2. The van der Waals surface area contributed by atoms with Crippen LogP contribution in [0.3, 0.4) is 0 Å². The molecule has 3 heteroatoms. The van der Waals surface area contributed by atoms with Gasteiger partial charge in [-0.25, -0.2) is 8.78 Å². The molecule has 0 saturated heterocycles. The molecule has 0 aliphatic rings. The van der Waals surface area contributed by atoms with Gasteiger partial charge in [0.15, 0.2) is 0 Å². The molecule has 0 amide bonds. The number of hydrogen-bond donors (Lipinski definition) is 1. The van der Waals surface area contributed by atoms with Gasteiger partial charge in [0.25, 0.3) is 0 Å². The first-order chi connectivity index (χ1) is 5.66. The Morgan fingerprint density at radius 1 is 1.33 bits per heavy atom. The summed E-state index contributed by atoms with van der Waals surface area (Å²) in [6.07, 6.45) is 0.451. The third-order valence-electron chi connectivity index (χ3n) is 1.81. The van der Waals surface area contributed by atoms with Gasteiger partial charge >= 0.3 is 0 Å². The lowest BCUT2D eigenvalue weighted by Gasteiger charge is -2.04. The first-order valence-electron chi connectivity index (χ1n) is 3.80. The summed E-state index contributed by atoms with van der Waals surface area (Å²) >= 11 is 0. The van der Waals surface area contributed by atoms with Crippen LogP contribution in [0.25, 0.3) is 0 Å². The van der Waals surface area contributed by atoms with Crippen molar-refractivity contribution in [3.63, 3.8) is 0 Å². The minimum Gasteiger partial charge on any atom is -0.330 e. The Kier molecular flexibility index (Phi) is 2.76. The molecule has 1 nitrogen and oxygen atoms in total. The molecule has 1 aromatic rings. The van der Waals surface area contributed by atoms with Crippen LogP contribution in [0, 0.1) is 18.6 Å². The zero-order valence-electron chi connectivity index (χ0n) is 6.90. The van der Waals surface area contributed by atoms with Gasteiger partial charge < -0.3 is 5.73 Å². The topological polar surface area (TPSA) is 26.0 Å². The van der Waals surface area contributed by atoms with E-state index in [1.807, 2.05) is 0 Å². The van der Waals surface area contributed by atoms with E-state index < -0.39 is 11.6 Å². The summed E-state index contributed by atoms with van der Waals surface area (Å²) < 4.78 is 25.9. The van der Waals surface area contributed by atoms with Crippen LogP contribution in [-0.2, 0) is 6.42 Å². The Bertz CT molecular complexity index is 284. The van der Waals surface area contributed by atoms with Crippen LogP contribution in [0.1, 0.15) is 11.1 Å². The molecule has 0 aliphatic carbocycles. The molecule has 0 heterocycles. The first-order valence-corrected chi connectivity index (χ1v) is 3.80. The monoisotopic (exact) mass is 171 g/mol. The quantitative estimate of drug-likeness (QED) is 0.721. The Morgan fingerprint density at radius 3 is 2.58 bits per heavy atom. The smallest absolute Gasteiger partial charge is 0.132 e. The van der Waals surface area contributed by atoms with Gasteiger partial charge in [0, 0.05) is 5.56 Å². The number of hydrogen-bond acceptors (Lipinski definition) is 1. The molecular weight excluding hydrogens is 160 g/mol. The van der Waals surface area contributed by atoms with E-state index in [1.54, 1.807) is 0 Å². The zero-order chi connectivity index (χ0) is 9.14. The molecule has 0 spiro atoms. The molecule has 0 fully saturated rings. The molecular formula is C9H11F2N. The van der Waals surface area contributed by atoms with Crippen LogP contribution < -0.4 is 5.73 Å². The molecule has 1 aromatic carbocycles. The van der Waals surface area contributed by atoms with Gasteiger partial charge in [0.1, 0.15) is 11.6 Å². The lowest BCUT2D eigenvalue weighted by Crippen LogP contribution is -2.06. The van der Waals surface area contributed by atoms with Crippen LogP contribution in [0.2, 0.25) is 0 Å². The summed E-state index contributed by atoms with van der Waals surface area (Å²) in [5, 5.41) is 0. The van der Waals surface area contributed by atoms with Crippen LogP contribution in [0.5, 0.6) is 0 Å². The third-order valence-corrected chi connectivity index (χ3v) is 1.81. The van der Waals surface area contributed by atoms with Crippen molar-refractivity contribution >= 4 is 0 Å². The van der Waals surface area contributed by atoms with Gasteiger partial charge in [-0.05, 0) is 31.5 Å². The fraction of sp³-hybridized carbons (Fsp3) is 0.333. The second kappa shape index (κ2) is 3.63. The van der Waals surface area contributed by atoms with E-state index >= 15 is 0 Å². The molecule has 0 radical (unpaired) electrons. The summed E-state index contributed by atoms with van der Waals surface area (Å²) in [6.45, 7) is 1.80. The lowest BCUT2D eigenvalue weighted by atomic mass is 10.1. The third kappa shape index (κ3) is 1.61. The van der Waals surface area contributed by atoms with Gasteiger partial charge in [-0.3, -0.25) is 0 Å². The molecule has 1 rings (SSSR count). The van der Waals surface area contributed by atoms with Gasteiger partial charge in [0.2, 0.25) is 0 Å². The maximum Gasteiger partial charge on any atom is 0.132 e. The molecule has 0 aliphatic heterocycles. The predicted octanol–water partition coefficient (Wildman–Crippen LogP) is 1.77. The largest absolute Gasteiger partial charge is 0.330 e. The van der Waals surface area contributed by atoms with Crippen molar-refractivity contribution < 1.29 is 8.78 Å². The molecule has 2 N–H and O–H groups in total. The molecule has 0 unspecified atom stereocenters. The van der Waals surface area contributed by atoms with E-state index in [4.69, 9.17) is 5.73 Å². The summed E-state index contributed by atoms with van der Waals surface area (Å²) in [4.78, 5) is 0. The fourth-order valence-electron chi connectivity index (χ4n) is 1.07. The molecule has 0 saturated carbocycles. The standard InChI is InChI=1S/C9H11F2N/c1-6-8(10)3-2-7(4-5-12)9(6)11/h2-3H,4-5,12H2,1H3. The highest BCUT2D eigenvalue weighted by Crippen LogP contribution is 2.15. The summed E-state index contributed by atoms with van der Waals surface area (Å²) in [5.74, 6) is -0.978. The van der Waals surface area contributed by atoms with Gasteiger partial charge in [-0.2, -0.15) is 0 Å². The van der Waals surface area contributed by atoms with Crippen molar-refractivity contribution in [2.45, 2.75) is 13.3 Å². The molecule has 66 valence electrons. The van der Waals surface area contributed by atoms with Crippen molar-refractivity contribution in [1.82, 2.24) is 0 Å². The van der Waals surface area contributed by atoms with E-state index in [0.29, 0.717) is 18.5 Å². The average molecular weight is 171 g/mol. The SMILES string of the molecule is Cc1c(F)ccc(CCN)c1F. The normalized spacial score (nSPS) is 10.3. The average Bonchev–Trinajstić information content (AvgIpc) is 2.07. The van der Waals surface area contributed by atoms with Crippen LogP contribution in [0.15, 0.2) is 12.1 Å². The van der Waals surface area contributed by atoms with E-state index in [2.05, 4.69) is 0 Å². The van der Waals surface area contributed by atoms with Crippen LogP contribution >= 0.6 is 0 Å². The Morgan fingerprint density at radius 2 is 2.00 bits per heavy atom. The molecule has 12 heavy (non-hydrogen) atoms. The molecule has 0 aromatic heterocycles. The highest BCUT2D eigenvalue weighted by Gasteiger charge is 2.07. The molecule has 0 atom stereocenters. The van der Waals surface area contributed by atoms with Crippen LogP contribution in [-0.4, -0.2) is 6.54 Å². The fourth-order valence-corrected chi connectivity index (χ4v) is 1.07. The van der Waals surface area contributed by atoms with E-state index in [1.165, 1.54) is 19.1 Å². The van der Waals surface area contributed by atoms with Crippen molar-refractivity contribution in [3.8, 4) is 0 Å². The Labute approximate surface area is 70.2 Å². The van der Waals surface area contributed by atoms with E-state index in [0.717, 1.165) is 0 Å². The highest BCUT2D eigenvalue weighted by molar-refractivity contribution is 5.26. The lowest BCUT2D eigenvalue weighted by molar-refractivity contribution is 0.557. The summed E-state index contributed by atoms with van der Waals surface area (Å²) in [5.41, 5.74) is 5.81. The van der Waals surface area contributed by atoms with Gasteiger partial charge in [0.05, 0.1) is 0 Å². The van der Waals surface area contributed by atoms with Crippen molar-refractivity contribution in [2.24, 2.45) is 5.73 Å². The summed E-state index contributed by atoms with van der Waals surface area (Å²) in [6, 6.07) is 2.70. The highest BCUT2D eigenvalue weighted by atomic mass is 19.1. The summed E-state index contributed by atoms with van der Waals surface area (Å²) in [7, 11) is 0. The predicted molar refractivity (Wildman–Crippen MR) is 43.9 cm³/mol. The minimum absolute atomic E-state index is 0.0703. The van der Waals surface area contributed by atoms with Crippen molar-refractivity contribution in [2.75, 3.05) is 6.54 Å². The van der Waals surface area contributed by atoms with Crippen molar-refractivity contribution in [3.05, 3.63) is 34.9 Å². The number of benzene rings is 1. The van der Waals surface area contributed by atoms with E-state index in [9.17, 15) is 8.78 Å². The van der Waals surface area contributed by atoms with Crippen molar-refractivity contribution in [1.29, 1.82) is 0 Å². The van der Waals surface area contributed by atoms with Gasteiger partial charge in [-0.1, -0.05) is 6.07 Å². The van der Waals surface area contributed by atoms with Gasteiger partial charge in [-0.15, -0.1) is 0 Å². The Balaban J connectivity index is 3.08. The first kappa shape index (κ1) is 9.13. The second-order valence-electron chi connectivity index (χ2n) is 2.68. The minimum atomic E-state index is -0.506. The van der Waals surface area contributed by atoms with Crippen LogP contribution in [0.4, 0.5) is 8.78 Å². The maximum absolute atomic E-state index is 13.2. The zero-order valence-corrected chi connectivity index (χ0v) is 6.90. The van der Waals surface area contributed by atoms with E-state index in [-0.39, 0.29) is 5.56 Å². The molecule has 0 bridgehead atoms. The Hall–Kier alpha value is -0.960. The maximum atomic E-state index is 13.2. The second-order valence-corrected chi connectivity index (χ2v) is 2.68. The number of rotatable bonds is 2.